The lowest BCUT2D eigenvalue weighted by Gasteiger charge is -2.20. The fraction of sp³-hybridized carbons (Fsp3) is 0.333. The van der Waals surface area contributed by atoms with E-state index < -0.39 is 6.09 Å². The molecule has 17 heavy (non-hydrogen) atoms. The Hall–Kier alpha value is -2.04. The van der Waals surface area contributed by atoms with E-state index in [0.29, 0.717) is 12.3 Å². The third-order valence-corrected chi connectivity index (χ3v) is 2.06. The summed E-state index contributed by atoms with van der Waals surface area (Å²) in [5, 5.41) is 7.20. The zero-order valence-corrected chi connectivity index (χ0v) is 9.85. The van der Waals surface area contributed by atoms with E-state index in [-0.39, 0.29) is 12.4 Å². The molecule has 0 radical (unpaired) electrons. The molecule has 0 saturated heterocycles. The molecule has 0 aliphatic heterocycles. The van der Waals surface area contributed by atoms with Gasteiger partial charge in [0.2, 0.25) is 0 Å². The molecule has 3 N–H and O–H groups in total. The number of nitrogens with one attached hydrogen (secondary N) is 1. The SMILES string of the molecule is CCCN(CC(=N)N)C(=O)Oc1ccccc1. The number of carbonyl (C=O) groups is 1. The van der Waals surface area contributed by atoms with Crippen LogP contribution in [0.3, 0.4) is 0 Å². The summed E-state index contributed by atoms with van der Waals surface area (Å²) < 4.78 is 5.16. The van der Waals surface area contributed by atoms with E-state index >= 15 is 0 Å². The van der Waals surface area contributed by atoms with Crippen molar-refractivity contribution in [1.82, 2.24) is 4.90 Å². The number of para-hydroxylation sites is 1. The Balaban J connectivity index is 2.62. The van der Waals surface area contributed by atoms with E-state index in [9.17, 15) is 4.79 Å². The molecule has 1 rings (SSSR count). The largest absolute Gasteiger partial charge is 0.415 e. The van der Waals surface area contributed by atoms with E-state index in [2.05, 4.69) is 0 Å². The zero-order chi connectivity index (χ0) is 12.7. The van der Waals surface area contributed by atoms with Crippen LogP contribution in [0.4, 0.5) is 4.79 Å². The first-order valence-electron chi connectivity index (χ1n) is 5.48. The van der Waals surface area contributed by atoms with E-state index in [1.165, 1.54) is 4.90 Å². The van der Waals surface area contributed by atoms with Gasteiger partial charge in [0.25, 0.3) is 0 Å². The van der Waals surface area contributed by atoms with Crippen molar-refractivity contribution in [1.29, 1.82) is 5.41 Å². The van der Waals surface area contributed by atoms with Crippen LogP contribution in [-0.4, -0.2) is 29.9 Å². The van der Waals surface area contributed by atoms with Crippen molar-refractivity contribution in [3.8, 4) is 5.75 Å². The van der Waals surface area contributed by atoms with Crippen LogP contribution in [0.1, 0.15) is 13.3 Å². The average molecular weight is 235 g/mol. The number of amides is 1. The van der Waals surface area contributed by atoms with Crippen molar-refractivity contribution < 1.29 is 9.53 Å². The van der Waals surface area contributed by atoms with E-state index in [1.54, 1.807) is 24.3 Å². The van der Waals surface area contributed by atoms with Gasteiger partial charge in [-0.25, -0.2) is 4.79 Å². The van der Waals surface area contributed by atoms with Gasteiger partial charge in [-0.15, -0.1) is 0 Å². The standard InChI is InChI=1S/C12H17N3O2/c1-2-8-15(9-11(13)14)12(16)17-10-6-4-3-5-7-10/h3-7H,2,8-9H2,1H3,(H3,13,14). The van der Waals surface area contributed by atoms with Crippen LogP contribution in [0.5, 0.6) is 5.75 Å². The molecular weight excluding hydrogens is 218 g/mol. The van der Waals surface area contributed by atoms with Crippen molar-refractivity contribution in [2.24, 2.45) is 5.73 Å². The molecule has 0 fully saturated rings. The molecule has 92 valence electrons. The number of nitrogens with two attached hydrogens (primary N) is 1. The zero-order valence-electron chi connectivity index (χ0n) is 9.85. The van der Waals surface area contributed by atoms with Gasteiger partial charge in [0, 0.05) is 6.54 Å². The van der Waals surface area contributed by atoms with Crippen LogP contribution >= 0.6 is 0 Å². The molecule has 0 aliphatic carbocycles. The third kappa shape index (κ3) is 4.55. The Labute approximate surface area is 101 Å². The summed E-state index contributed by atoms with van der Waals surface area (Å²) in [5.74, 6) is 0.436. The number of carbonyl (C=O) groups excluding carboxylic acids is 1. The van der Waals surface area contributed by atoms with Gasteiger partial charge in [-0.3, -0.25) is 5.41 Å². The van der Waals surface area contributed by atoms with Crippen molar-refractivity contribution >= 4 is 11.9 Å². The molecule has 0 bridgehead atoms. The average Bonchev–Trinajstić information content (AvgIpc) is 2.29. The first kappa shape index (κ1) is 13.0. The predicted octanol–water partition coefficient (Wildman–Crippen LogP) is 1.83. The molecule has 0 aliphatic rings. The van der Waals surface area contributed by atoms with Crippen molar-refractivity contribution in [2.45, 2.75) is 13.3 Å². The maximum absolute atomic E-state index is 11.8. The third-order valence-electron chi connectivity index (χ3n) is 2.06. The molecular formula is C12H17N3O2. The molecule has 5 heteroatoms. The second-order valence-corrected chi connectivity index (χ2v) is 3.63. The maximum Gasteiger partial charge on any atom is 0.415 e. The Morgan fingerprint density at radius 3 is 2.59 bits per heavy atom. The summed E-state index contributed by atoms with van der Waals surface area (Å²) in [7, 11) is 0. The summed E-state index contributed by atoms with van der Waals surface area (Å²) in [6, 6.07) is 8.83. The van der Waals surface area contributed by atoms with Crippen molar-refractivity contribution in [3.05, 3.63) is 30.3 Å². The van der Waals surface area contributed by atoms with E-state index in [4.69, 9.17) is 15.9 Å². The second kappa shape index (κ2) is 6.52. The highest BCUT2D eigenvalue weighted by atomic mass is 16.6. The molecule has 0 heterocycles. The number of benzene rings is 1. The van der Waals surface area contributed by atoms with Crippen LogP contribution in [-0.2, 0) is 0 Å². The molecule has 0 aromatic heterocycles. The molecule has 0 unspecified atom stereocenters. The Kier molecular flexibility index (Phi) is 5.00. The van der Waals surface area contributed by atoms with Gasteiger partial charge < -0.3 is 15.4 Å². The normalized spacial score (nSPS) is 9.71. The lowest BCUT2D eigenvalue weighted by molar-refractivity contribution is 0.159. The fourth-order valence-corrected chi connectivity index (χ4v) is 1.36. The Bertz CT molecular complexity index is 379. The molecule has 5 nitrogen and oxygen atoms in total. The smallest absolute Gasteiger partial charge is 0.410 e. The van der Waals surface area contributed by atoms with E-state index in [1.807, 2.05) is 13.0 Å². The molecule has 1 amide bonds. The van der Waals surface area contributed by atoms with Crippen molar-refractivity contribution in [3.63, 3.8) is 0 Å². The lowest BCUT2D eigenvalue weighted by Crippen LogP contribution is -2.40. The van der Waals surface area contributed by atoms with Crippen molar-refractivity contribution in [2.75, 3.05) is 13.1 Å². The summed E-state index contributed by atoms with van der Waals surface area (Å²) in [5.41, 5.74) is 5.29. The quantitative estimate of drug-likeness (QED) is 0.603. The minimum absolute atomic E-state index is 0.0524. The maximum atomic E-state index is 11.8. The highest BCUT2D eigenvalue weighted by molar-refractivity contribution is 5.83. The molecule has 1 aromatic carbocycles. The Morgan fingerprint density at radius 2 is 2.06 bits per heavy atom. The van der Waals surface area contributed by atoms with Gasteiger partial charge in [-0.05, 0) is 18.6 Å². The number of nitrogens with zero attached hydrogens (tertiary/aromatic N) is 1. The second-order valence-electron chi connectivity index (χ2n) is 3.63. The van der Waals surface area contributed by atoms with Crippen LogP contribution in [0.15, 0.2) is 30.3 Å². The number of hydrogen-bond donors (Lipinski definition) is 2. The predicted molar refractivity (Wildman–Crippen MR) is 66.2 cm³/mol. The van der Waals surface area contributed by atoms with Gasteiger partial charge in [-0.1, -0.05) is 25.1 Å². The first-order valence-corrected chi connectivity index (χ1v) is 5.48. The van der Waals surface area contributed by atoms with Gasteiger partial charge in [0.15, 0.2) is 0 Å². The molecule has 0 saturated carbocycles. The molecule has 0 spiro atoms. The highest BCUT2D eigenvalue weighted by Gasteiger charge is 2.15. The van der Waals surface area contributed by atoms with Crippen LogP contribution in [0.25, 0.3) is 0 Å². The minimum Gasteiger partial charge on any atom is -0.410 e. The number of ether oxygens (including phenoxy) is 1. The van der Waals surface area contributed by atoms with Gasteiger partial charge in [0.1, 0.15) is 11.6 Å². The monoisotopic (exact) mass is 235 g/mol. The molecule has 0 atom stereocenters. The minimum atomic E-state index is -0.478. The molecule has 1 aromatic rings. The number of hydrogen-bond acceptors (Lipinski definition) is 3. The van der Waals surface area contributed by atoms with Gasteiger partial charge in [0.05, 0.1) is 6.54 Å². The highest BCUT2D eigenvalue weighted by Crippen LogP contribution is 2.10. The summed E-state index contributed by atoms with van der Waals surface area (Å²) in [6.07, 6.45) is 0.310. The van der Waals surface area contributed by atoms with Crippen LogP contribution in [0.2, 0.25) is 0 Å². The first-order chi connectivity index (χ1) is 8.13. The summed E-state index contributed by atoms with van der Waals surface area (Å²) in [6.45, 7) is 2.56. The summed E-state index contributed by atoms with van der Waals surface area (Å²) in [4.78, 5) is 13.2. The van der Waals surface area contributed by atoms with Gasteiger partial charge >= 0.3 is 6.09 Å². The van der Waals surface area contributed by atoms with Gasteiger partial charge in [-0.2, -0.15) is 0 Å². The van der Waals surface area contributed by atoms with Crippen LogP contribution < -0.4 is 10.5 Å². The lowest BCUT2D eigenvalue weighted by atomic mass is 10.3. The van der Waals surface area contributed by atoms with Crippen LogP contribution in [0, 0.1) is 5.41 Å². The topological polar surface area (TPSA) is 79.4 Å². The van der Waals surface area contributed by atoms with E-state index in [0.717, 1.165) is 6.42 Å². The number of rotatable bonds is 5. The summed E-state index contributed by atoms with van der Waals surface area (Å²) >= 11 is 0. The fourth-order valence-electron chi connectivity index (χ4n) is 1.36. The number of amidine groups is 1. The Morgan fingerprint density at radius 1 is 1.41 bits per heavy atom.